The van der Waals surface area contributed by atoms with Crippen molar-refractivity contribution in [1.29, 1.82) is 0 Å². The van der Waals surface area contributed by atoms with Crippen molar-refractivity contribution < 1.29 is 4.74 Å². The van der Waals surface area contributed by atoms with E-state index in [4.69, 9.17) is 4.74 Å². The van der Waals surface area contributed by atoms with Gasteiger partial charge in [-0.1, -0.05) is 6.42 Å². The van der Waals surface area contributed by atoms with E-state index in [0.29, 0.717) is 18.2 Å². The molecule has 0 aromatic carbocycles. The average molecular weight is 264 g/mol. The van der Waals surface area contributed by atoms with Crippen molar-refractivity contribution in [2.45, 2.75) is 50.4 Å². The SMILES string of the molecule is COC1CCN([C@H]2CCC[C@H]2NCc2ccn[nH]2)C1. The molecule has 1 saturated carbocycles. The van der Waals surface area contributed by atoms with Gasteiger partial charge in [-0.2, -0.15) is 5.10 Å². The maximum atomic E-state index is 5.48. The molecule has 5 nitrogen and oxygen atoms in total. The number of aromatic nitrogens is 2. The highest BCUT2D eigenvalue weighted by Gasteiger charge is 2.35. The summed E-state index contributed by atoms with van der Waals surface area (Å²) < 4.78 is 5.48. The molecule has 106 valence electrons. The van der Waals surface area contributed by atoms with E-state index in [1.54, 1.807) is 0 Å². The Balaban J connectivity index is 1.53. The number of ether oxygens (including phenoxy) is 1. The number of aromatic amines is 1. The van der Waals surface area contributed by atoms with Crippen LogP contribution in [0.4, 0.5) is 0 Å². The Bertz CT molecular complexity index is 381. The minimum atomic E-state index is 0.439. The smallest absolute Gasteiger partial charge is 0.0710 e. The van der Waals surface area contributed by atoms with E-state index in [1.165, 1.54) is 37.9 Å². The van der Waals surface area contributed by atoms with Gasteiger partial charge in [-0.15, -0.1) is 0 Å². The lowest BCUT2D eigenvalue weighted by atomic mass is 10.1. The fraction of sp³-hybridized carbons (Fsp3) is 0.786. The Morgan fingerprint density at radius 1 is 1.47 bits per heavy atom. The molecular formula is C14H24N4O. The minimum Gasteiger partial charge on any atom is -0.380 e. The van der Waals surface area contributed by atoms with Gasteiger partial charge in [0, 0.05) is 50.7 Å². The van der Waals surface area contributed by atoms with Gasteiger partial charge in [0.2, 0.25) is 0 Å². The van der Waals surface area contributed by atoms with Crippen molar-refractivity contribution in [3.8, 4) is 0 Å². The molecule has 1 saturated heterocycles. The summed E-state index contributed by atoms with van der Waals surface area (Å²) in [6.07, 6.45) is 7.37. The van der Waals surface area contributed by atoms with E-state index in [2.05, 4.69) is 20.4 Å². The number of likely N-dealkylation sites (tertiary alicyclic amines) is 1. The largest absolute Gasteiger partial charge is 0.380 e. The van der Waals surface area contributed by atoms with Crippen molar-refractivity contribution in [2.24, 2.45) is 0 Å². The van der Waals surface area contributed by atoms with Gasteiger partial charge < -0.3 is 10.1 Å². The Kier molecular flexibility index (Phi) is 4.15. The van der Waals surface area contributed by atoms with Crippen molar-refractivity contribution in [3.63, 3.8) is 0 Å². The highest BCUT2D eigenvalue weighted by molar-refractivity contribution is 4.99. The first-order valence-corrected chi connectivity index (χ1v) is 7.35. The second-order valence-electron chi connectivity index (χ2n) is 5.71. The molecule has 2 heterocycles. The lowest BCUT2D eigenvalue weighted by Gasteiger charge is -2.30. The average Bonchev–Trinajstić information content (AvgIpc) is 3.16. The van der Waals surface area contributed by atoms with Gasteiger partial charge >= 0.3 is 0 Å². The zero-order chi connectivity index (χ0) is 13.1. The minimum absolute atomic E-state index is 0.439. The van der Waals surface area contributed by atoms with Crippen LogP contribution in [-0.2, 0) is 11.3 Å². The van der Waals surface area contributed by atoms with Crippen LogP contribution in [0, 0.1) is 0 Å². The van der Waals surface area contributed by atoms with Crippen LogP contribution in [0.3, 0.4) is 0 Å². The fourth-order valence-electron chi connectivity index (χ4n) is 3.49. The normalized spacial score (nSPS) is 32.2. The summed E-state index contributed by atoms with van der Waals surface area (Å²) in [5, 5.41) is 10.7. The van der Waals surface area contributed by atoms with Crippen LogP contribution < -0.4 is 5.32 Å². The van der Waals surface area contributed by atoms with E-state index >= 15 is 0 Å². The molecule has 0 amide bonds. The second kappa shape index (κ2) is 6.03. The lowest BCUT2D eigenvalue weighted by Crippen LogP contribution is -2.46. The van der Waals surface area contributed by atoms with Gasteiger partial charge in [0.05, 0.1) is 6.10 Å². The molecule has 0 spiro atoms. The third-order valence-corrected chi connectivity index (χ3v) is 4.57. The van der Waals surface area contributed by atoms with Crippen LogP contribution in [-0.4, -0.2) is 53.5 Å². The Morgan fingerprint density at radius 2 is 2.42 bits per heavy atom. The summed E-state index contributed by atoms with van der Waals surface area (Å²) in [5.74, 6) is 0. The lowest BCUT2D eigenvalue weighted by molar-refractivity contribution is 0.0979. The van der Waals surface area contributed by atoms with Gasteiger partial charge in [-0.05, 0) is 25.3 Å². The first-order valence-electron chi connectivity index (χ1n) is 7.35. The number of rotatable bonds is 5. The number of nitrogens with zero attached hydrogens (tertiary/aromatic N) is 2. The van der Waals surface area contributed by atoms with E-state index < -0.39 is 0 Å². The molecule has 5 heteroatoms. The molecule has 1 aromatic rings. The molecule has 2 fully saturated rings. The monoisotopic (exact) mass is 264 g/mol. The maximum Gasteiger partial charge on any atom is 0.0710 e. The van der Waals surface area contributed by atoms with Crippen molar-refractivity contribution >= 4 is 0 Å². The molecule has 1 unspecified atom stereocenters. The Morgan fingerprint density at radius 3 is 3.16 bits per heavy atom. The number of hydrogen-bond donors (Lipinski definition) is 2. The summed E-state index contributed by atoms with van der Waals surface area (Å²) in [5.41, 5.74) is 1.17. The second-order valence-corrected chi connectivity index (χ2v) is 5.71. The molecule has 3 atom stereocenters. The molecule has 1 aliphatic heterocycles. The number of methoxy groups -OCH3 is 1. The van der Waals surface area contributed by atoms with E-state index in [-0.39, 0.29) is 0 Å². The first-order chi connectivity index (χ1) is 9.36. The topological polar surface area (TPSA) is 53.2 Å². The predicted octanol–water partition coefficient (Wildman–Crippen LogP) is 1.14. The standard InChI is InChI=1S/C14H24N4O/c1-19-12-6-8-18(10-12)14-4-2-3-13(14)15-9-11-5-7-16-17-11/h5,7,12-15H,2-4,6,8-10H2,1H3,(H,16,17)/t12?,13-,14+/m1/s1. The van der Waals surface area contributed by atoms with E-state index in [9.17, 15) is 0 Å². The third kappa shape index (κ3) is 2.99. The van der Waals surface area contributed by atoms with Crippen LogP contribution in [0.5, 0.6) is 0 Å². The Labute approximate surface area is 114 Å². The molecular weight excluding hydrogens is 240 g/mol. The van der Waals surface area contributed by atoms with Gasteiger partial charge in [0.25, 0.3) is 0 Å². The molecule has 0 bridgehead atoms. The third-order valence-electron chi connectivity index (χ3n) is 4.57. The maximum absolute atomic E-state index is 5.48. The summed E-state index contributed by atoms with van der Waals surface area (Å²) in [7, 11) is 1.83. The summed E-state index contributed by atoms with van der Waals surface area (Å²) in [6.45, 7) is 3.18. The molecule has 2 aliphatic rings. The highest BCUT2D eigenvalue weighted by atomic mass is 16.5. The van der Waals surface area contributed by atoms with Crippen molar-refractivity contribution in [3.05, 3.63) is 18.0 Å². The van der Waals surface area contributed by atoms with Crippen LogP contribution in [0.2, 0.25) is 0 Å². The molecule has 1 aromatic heterocycles. The number of H-pyrrole nitrogens is 1. The van der Waals surface area contributed by atoms with Crippen LogP contribution in [0.25, 0.3) is 0 Å². The molecule has 1 aliphatic carbocycles. The van der Waals surface area contributed by atoms with Crippen molar-refractivity contribution in [2.75, 3.05) is 20.2 Å². The fourth-order valence-corrected chi connectivity index (χ4v) is 3.49. The first kappa shape index (κ1) is 13.1. The molecule has 0 radical (unpaired) electrons. The zero-order valence-corrected chi connectivity index (χ0v) is 11.6. The van der Waals surface area contributed by atoms with Gasteiger partial charge in [0.15, 0.2) is 0 Å². The highest BCUT2D eigenvalue weighted by Crippen LogP contribution is 2.28. The van der Waals surface area contributed by atoms with Gasteiger partial charge in [-0.25, -0.2) is 0 Å². The summed E-state index contributed by atoms with van der Waals surface area (Å²) in [4.78, 5) is 2.62. The van der Waals surface area contributed by atoms with E-state index in [0.717, 1.165) is 13.1 Å². The molecule has 19 heavy (non-hydrogen) atoms. The zero-order valence-electron chi connectivity index (χ0n) is 11.6. The summed E-state index contributed by atoms with van der Waals surface area (Å²) in [6, 6.07) is 3.33. The molecule has 3 rings (SSSR count). The van der Waals surface area contributed by atoms with Crippen LogP contribution in [0.15, 0.2) is 12.3 Å². The quantitative estimate of drug-likeness (QED) is 0.837. The van der Waals surface area contributed by atoms with Crippen LogP contribution in [0.1, 0.15) is 31.4 Å². The van der Waals surface area contributed by atoms with Gasteiger partial charge in [-0.3, -0.25) is 10.00 Å². The van der Waals surface area contributed by atoms with Gasteiger partial charge in [0.1, 0.15) is 0 Å². The predicted molar refractivity (Wildman–Crippen MR) is 73.8 cm³/mol. The van der Waals surface area contributed by atoms with Crippen LogP contribution >= 0.6 is 0 Å². The number of hydrogen-bond acceptors (Lipinski definition) is 4. The number of nitrogens with one attached hydrogen (secondary N) is 2. The molecule has 2 N–H and O–H groups in total. The van der Waals surface area contributed by atoms with E-state index in [1.807, 2.05) is 19.4 Å². The Hall–Kier alpha value is -0.910. The summed E-state index contributed by atoms with van der Waals surface area (Å²) >= 11 is 0. The van der Waals surface area contributed by atoms with Crippen molar-refractivity contribution in [1.82, 2.24) is 20.4 Å².